The minimum Gasteiger partial charge on any atom is -0.399 e. The SMILES string of the molecule is CCCCCCCCCCCCCCCCCCN(CCCCCCCCCCCCCCCCCC)c1ccc2cc(N)ccc2c1. The molecule has 0 heterocycles. The summed E-state index contributed by atoms with van der Waals surface area (Å²) in [5, 5.41) is 2.56. The molecule has 2 rings (SSSR count). The molecule has 276 valence electrons. The average Bonchev–Trinajstić information content (AvgIpc) is 3.10. The third-order valence-corrected chi connectivity index (χ3v) is 10.8. The van der Waals surface area contributed by atoms with Crippen LogP contribution in [0.1, 0.15) is 219 Å². The van der Waals surface area contributed by atoms with Crippen molar-refractivity contribution < 1.29 is 0 Å². The van der Waals surface area contributed by atoms with E-state index in [2.05, 4.69) is 49.1 Å². The zero-order valence-corrected chi connectivity index (χ0v) is 32.5. The van der Waals surface area contributed by atoms with E-state index in [1.807, 2.05) is 6.07 Å². The van der Waals surface area contributed by atoms with Gasteiger partial charge in [-0.15, -0.1) is 0 Å². The highest BCUT2D eigenvalue weighted by atomic mass is 15.1. The molecule has 2 N–H and O–H groups in total. The summed E-state index contributed by atoms with van der Waals surface area (Å²) in [6.07, 6.45) is 45.8. The predicted octanol–water partition coefficient (Wildman–Crippen LogP) is 15.8. The Morgan fingerprint density at radius 2 is 0.646 bits per heavy atom. The molecule has 2 nitrogen and oxygen atoms in total. The summed E-state index contributed by atoms with van der Waals surface area (Å²) < 4.78 is 0. The van der Waals surface area contributed by atoms with E-state index in [0.29, 0.717) is 0 Å². The summed E-state index contributed by atoms with van der Waals surface area (Å²) in [5.74, 6) is 0. The molecule has 0 aliphatic carbocycles. The molecule has 2 aromatic carbocycles. The van der Waals surface area contributed by atoms with Crippen LogP contribution in [0.15, 0.2) is 36.4 Å². The maximum absolute atomic E-state index is 6.06. The summed E-state index contributed by atoms with van der Waals surface area (Å²) in [4.78, 5) is 2.68. The molecule has 0 saturated carbocycles. The van der Waals surface area contributed by atoms with E-state index in [0.717, 1.165) is 5.69 Å². The summed E-state index contributed by atoms with van der Waals surface area (Å²) in [5.41, 5.74) is 8.31. The summed E-state index contributed by atoms with van der Waals surface area (Å²) >= 11 is 0. The van der Waals surface area contributed by atoms with Gasteiger partial charge in [-0.2, -0.15) is 0 Å². The average molecular weight is 663 g/mol. The first-order valence-electron chi connectivity index (χ1n) is 21.8. The highest BCUT2D eigenvalue weighted by Crippen LogP contribution is 2.25. The van der Waals surface area contributed by atoms with Crippen LogP contribution in [-0.4, -0.2) is 13.1 Å². The van der Waals surface area contributed by atoms with Crippen molar-refractivity contribution in [2.24, 2.45) is 0 Å². The topological polar surface area (TPSA) is 29.3 Å². The maximum atomic E-state index is 6.06. The largest absolute Gasteiger partial charge is 0.399 e. The van der Waals surface area contributed by atoms with Crippen molar-refractivity contribution in [2.45, 2.75) is 219 Å². The highest BCUT2D eigenvalue weighted by molar-refractivity contribution is 5.88. The molecule has 2 heteroatoms. The number of unbranched alkanes of at least 4 members (excludes halogenated alkanes) is 30. The van der Waals surface area contributed by atoms with Crippen LogP contribution in [0.2, 0.25) is 0 Å². The summed E-state index contributed by atoms with van der Waals surface area (Å²) in [6, 6.07) is 13.3. The van der Waals surface area contributed by atoms with Crippen LogP contribution in [0.25, 0.3) is 10.8 Å². The Kier molecular flexibility index (Phi) is 27.7. The van der Waals surface area contributed by atoms with Crippen LogP contribution >= 0.6 is 0 Å². The van der Waals surface area contributed by atoms with Crippen LogP contribution < -0.4 is 10.6 Å². The van der Waals surface area contributed by atoms with Gasteiger partial charge in [0.2, 0.25) is 0 Å². The lowest BCUT2D eigenvalue weighted by Crippen LogP contribution is -2.25. The van der Waals surface area contributed by atoms with Crippen LogP contribution in [0.5, 0.6) is 0 Å². The lowest BCUT2D eigenvalue weighted by Gasteiger charge is -2.25. The normalized spacial score (nSPS) is 11.5. The Morgan fingerprint density at radius 1 is 0.354 bits per heavy atom. The first-order valence-corrected chi connectivity index (χ1v) is 21.8. The molecular formula is C46H82N2. The van der Waals surface area contributed by atoms with Crippen LogP contribution in [0.3, 0.4) is 0 Å². The van der Waals surface area contributed by atoms with Gasteiger partial charge in [0.25, 0.3) is 0 Å². The Bertz CT molecular complexity index is 932. The van der Waals surface area contributed by atoms with Gasteiger partial charge in [0.1, 0.15) is 0 Å². The Morgan fingerprint density at radius 3 is 1.00 bits per heavy atom. The van der Waals surface area contributed by atoms with E-state index in [4.69, 9.17) is 5.73 Å². The fourth-order valence-corrected chi connectivity index (χ4v) is 7.52. The Balaban J connectivity index is 1.55. The fourth-order valence-electron chi connectivity index (χ4n) is 7.52. The van der Waals surface area contributed by atoms with Gasteiger partial charge in [0.05, 0.1) is 0 Å². The zero-order chi connectivity index (χ0) is 34.2. The van der Waals surface area contributed by atoms with Crippen LogP contribution in [0.4, 0.5) is 11.4 Å². The van der Waals surface area contributed by atoms with Gasteiger partial charge < -0.3 is 10.6 Å². The number of nitrogens with zero attached hydrogens (tertiary/aromatic N) is 1. The molecule has 0 saturated heterocycles. The van der Waals surface area contributed by atoms with Crippen molar-refractivity contribution >= 4 is 22.1 Å². The van der Waals surface area contributed by atoms with Gasteiger partial charge in [-0.3, -0.25) is 0 Å². The van der Waals surface area contributed by atoms with Crippen LogP contribution in [0, 0.1) is 0 Å². The summed E-state index contributed by atoms with van der Waals surface area (Å²) in [6.45, 7) is 7.00. The van der Waals surface area contributed by atoms with Gasteiger partial charge in [-0.1, -0.05) is 219 Å². The van der Waals surface area contributed by atoms with Gasteiger partial charge in [-0.25, -0.2) is 0 Å². The number of fused-ring (bicyclic) bond motifs is 1. The molecule has 0 atom stereocenters. The number of anilines is 2. The molecule has 2 aromatic rings. The monoisotopic (exact) mass is 663 g/mol. The number of benzene rings is 2. The molecule has 48 heavy (non-hydrogen) atoms. The van der Waals surface area contributed by atoms with E-state index in [-0.39, 0.29) is 0 Å². The van der Waals surface area contributed by atoms with E-state index < -0.39 is 0 Å². The smallest absolute Gasteiger partial charge is 0.0372 e. The third-order valence-electron chi connectivity index (χ3n) is 10.8. The quantitative estimate of drug-likeness (QED) is 0.0588. The zero-order valence-electron chi connectivity index (χ0n) is 32.5. The highest BCUT2D eigenvalue weighted by Gasteiger charge is 2.08. The summed E-state index contributed by atoms with van der Waals surface area (Å²) in [7, 11) is 0. The van der Waals surface area contributed by atoms with Crippen molar-refractivity contribution in [3.63, 3.8) is 0 Å². The molecular weight excluding hydrogens is 581 g/mol. The second-order valence-corrected chi connectivity index (χ2v) is 15.4. The molecule has 0 bridgehead atoms. The van der Waals surface area contributed by atoms with Gasteiger partial charge in [0.15, 0.2) is 0 Å². The van der Waals surface area contributed by atoms with E-state index >= 15 is 0 Å². The van der Waals surface area contributed by atoms with Gasteiger partial charge >= 0.3 is 0 Å². The predicted molar refractivity (Wildman–Crippen MR) is 220 cm³/mol. The molecule has 0 radical (unpaired) electrons. The van der Waals surface area contributed by atoms with E-state index in [1.54, 1.807) is 0 Å². The molecule has 0 fully saturated rings. The standard InChI is InChI=1S/C46H82N2/c1-3-5-7-9-11-13-15-17-19-21-23-25-27-29-31-33-39-48(46-38-36-43-41-45(47)37-35-44(43)42-46)40-34-32-30-28-26-24-22-20-18-16-14-12-10-8-6-4-2/h35-38,41-42H,3-34,39-40,47H2,1-2H3. The van der Waals surface area contributed by atoms with Crippen LogP contribution in [-0.2, 0) is 0 Å². The van der Waals surface area contributed by atoms with E-state index in [9.17, 15) is 0 Å². The molecule has 0 unspecified atom stereocenters. The van der Waals surface area contributed by atoms with Crippen molar-refractivity contribution in [1.29, 1.82) is 0 Å². The van der Waals surface area contributed by atoms with E-state index in [1.165, 1.54) is 235 Å². The van der Waals surface area contributed by atoms with Gasteiger partial charge in [-0.05, 0) is 47.9 Å². The molecule has 0 aliphatic rings. The van der Waals surface area contributed by atoms with Crippen molar-refractivity contribution in [2.75, 3.05) is 23.7 Å². The maximum Gasteiger partial charge on any atom is 0.0372 e. The van der Waals surface area contributed by atoms with Crippen molar-refractivity contribution in [3.8, 4) is 0 Å². The van der Waals surface area contributed by atoms with Crippen molar-refractivity contribution in [1.82, 2.24) is 0 Å². The third kappa shape index (κ3) is 22.8. The number of hydrogen-bond acceptors (Lipinski definition) is 2. The first-order chi connectivity index (χ1) is 23.7. The lowest BCUT2D eigenvalue weighted by atomic mass is 10.0. The molecule has 0 aliphatic heterocycles. The second-order valence-electron chi connectivity index (χ2n) is 15.4. The number of nitrogens with two attached hydrogens (primary N) is 1. The number of nitrogen functional groups attached to an aromatic ring is 1. The number of rotatable bonds is 35. The first kappa shape index (κ1) is 42.5. The lowest BCUT2D eigenvalue weighted by molar-refractivity contribution is 0.524. The minimum absolute atomic E-state index is 0.855. The molecule has 0 amide bonds. The second kappa shape index (κ2) is 31.3. The number of hydrogen-bond donors (Lipinski definition) is 1. The molecule has 0 spiro atoms. The van der Waals surface area contributed by atoms with Crippen molar-refractivity contribution in [3.05, 3.63) is 36.4 Å². The Hall–Kier alpha value is -1.70. The minimum atomic E-state index is 0.855. The van der Waals surface area contributed by atoms with Gasteiger partial charge in [0, 0.05) is 24.5 Å². The fraction of sp³-hybridized carbons (Fsp3) is 0.783. The molecule has 0 aromatic heterocycles. The Labute approximate surface area is 300 Å².